The minimum Gasteiger partial charge on any atom is -0.393 e. The predicted molar refractivity (Wildman–Crippen MR) is 111 cm³/mol. The highest BCUT2D eigenvalue weighted by Crippen LogP contribution is 2.64. The van der Waals surface area contributed by atoms with Crippen molar-refractivity contribution in [3.05, 3.63) is 46.5 Å². The first-order valence-corrected chi connectivity index (χ1v) is 11.3. The highest BCUT2D eigenvalue weighted by molar-refractivity contribution is 7.15. The molecule has 4 bridgehead atoms. The van der Waals surface area contributed by atoms with Gasteiger partial charge in [0.1, 0.15) is 0 Å². The van der Waals surface area contributed by atoms with Crippen LogP contribution in [0.3, 0.4) is 0 Å². The molecule has 1 heterocycles. The maximum Gasteiger partial charge on any atom is 0.227 e. The number of nitrogens with one attached hydrogen (secondary N) is 1. The molecule has 4 nitrogen and oxygen atoms in total. The van der Waals surface area contributed by atoms with Gasteiger partial charge in [-0.1, -0.05) is 30.3 Å². The first kappa shape index (κ1) is 18.3. The van der Waals surface area contributed by atoms with Crippen LogP contribution in [0.5, 0.6) is 0 Å². The molecule has 0 aliphatic heterocycles. The van der Waals surface area contributed by atoms with Gasteiger partial charge in [0.05, 0.1) is 11.8 Å². The van der Waals surface area contributed by atoms with E-state index in [1.807, 2.05) is 13.8 Å². The van der Waals surface area contributed by atoms with E-state index in [4.69, 9.17) is 0 Å². The summed E-state index contributed by atoms with van der Waals surface area (Å²) in [6.07, 6.45) is 4.57. The number of aromatic nitrogens is 1. The van der Waals surface area contributed by atoms with Crippen molar-refractivity contribution in [2.75, 3.05) is 5.32 Å². The van der Waals surface area contributed by atoms with E-state index in [0.717, 1.165) is 36.3 Å². The summed E-state index contributed by atoms with van der Waals surface area (Å²) >= 11 is 1.55. The van der Waals surface area contributed by atoms with Crippen LogP contribution >= 0.6 is 11.3 Å². The van der Waals surface area contributed by atoms with Crippen molar-refractivity contribution in [3.8, 4) is 0 Å². The third kappa shape index (κ3) is 2.74. The number of carbonyl (C=O) groups is 1. The number of hydrogen-bond acceptors (Lipinski definition) is 4. The summed E-state index contributed by atoms with van der Waals surface area (Å²) in [4.78, 5) is 18.8. The normalized spacial score (nSPS) is 35.9. The van der Waals surface area contributed by atoms with E-state index in [1.165, 1.54) is 5.56 Å². The van der Waals surface area contributed by atoms with E-state index in [1.54, 1.807) is 11.3 Å². The molecule has 1 aromatic heterocycles. The summed E-state index contributed by atoms with van der Waals surface area (Å²) in [5, 5.41) is 14.4. The van der Waals surface area contributed by atoms with Gasteiger partial charge >= 0.3 is 0 Å². The number of anilines is 1. The van der Waals surface area contributed by atoms with Gasteiger partial charge in [0.25, 0.3) is 0 Å². The van der Waals surface area contributed by atoms with Gasteiger partial charge < -0.3 is 10.4 Å². The highest BCUT2D eigenvalue weighted by atomic mass is 32.1. The van der Waals surface area contributed by atoms with Crippen molar-refractivity contribution in [2.45, 2.75) is 57.5 Å². The maximum absolute atomic E-state index is 13.2. The van der Waals surface area contributed by atoms with Crippen molar-refractivity contribution in [1.29, 1.82) is 0 Å². The highest BCUT2D eigenvalue weighted by Gasteiger charge is 2.60. The maximum atomic E-state index is 13.2. The minimum absolute atomic E-state index is 0.0747. The zero-order valence-electron chi connectivity index (χ0n) is 16.5. The number of thiazole rings is 1. The standard InChI is InChI=1S/C23H28N2O2S/c1-13-14(2)28-22(24-13)25-20(26)12-23(17-6-4-3-5-7-17)18-8-15-9-19(23)11-16(10-18)21(15)27/h3-7,15-16,18-19,21,27H,8-12H2,1-2H3,(H,24,25,26). The van der Waals surface area contributed by atoms with E-state index < -0.39 is 0 Å². The third-order valence-corrected chi connectivity index (χ3v) is 8.80. The van der Waals surface area contributed by atoms with Crippen LogP contribution < -0.4 is 5.32 Å². The van der Waals surface area contributed by atoms with Gasteiger partial charge in [-0.3, -0.25) is 4.79 Å². The molecule has 0 saturated heterocycles. The molecule has 4 fully saturated rings. The lowest BCUT2D eigenvalue weighted by atomic mass is 9.42. The summed E-state index contributed by atoms with van der Waals surface area (Å²) in [7, 11) is 0. The van der Waals surface area contributed by atoms with E-state index >= 15 is 0 Å². The smallest absolute Gasteiger partial charge is 0.227 e. The molecule has 2 N–H and O–H groups in total. The molecule has 0 spiro atoms. The van der Waals surface area contributed by atoms with Crippen LogP contribution in [0.4, 0.5) is 5.13 Å². The van der Waals surface area contributed by atoms with Crippen molar-refractivity contribution < 1.29 is 9.90 Å². The van der Waals surface area contributed by atoms with Crippen LogP contribution in [0, 0.1) is 37.5 Å². The zero-order chi connectivity index (χ0) is 19.5. The molecule has 1 amide bonds. The molecule has 1 aromatic carbocycles. The Kier molecular flexibility index (Phi) is 4.36. The molecular formula is C23H28N2O2S. The number of aryl methyl sites for hydroxylation is 2. The zero-order valence-corrected chi connectivity index (χ0v) is 17.3. The molecule has 4 saturated carbocycles. The number of nitrogens with zero attached hydrogens (tertiary/aromatic N) is 1. The average molecular weight is 397 g/mol. The van der Waals surface area contributed by atoms with Gasteiger partial charge in [0.15, 0.2) is 5.13 Å². The number of hydrogen-bond donors (Lipinski definition) is 2. The van der Waals surface area contributed by atoms with Crippen LogP contribution in [0.2, 0.25) is 0 Å². The van der Waals surface area contributed by atoms with Crippen LogP contribution in [0.15, 0.2) is 30.3 Å². The quantitative estimate of drug-likeness (QED) is 0.802. The van der Waals surface area contributed by atoms with E-state index in [2.05, 4.69) is 40.6 Å². The molecule has 0 radical (unpaired) electrons. The molecule has 6 rings (SSSR count). The molecule has 4 aliphatic carbocycles. The second-order valence-electron chi connectivity index (χ2n) is 9.14. The average Bonchev–Trinajstić information content (AvgIpc) is 2.97. The Labute approximate surface area is 170 Å². The van der Waals surface area contributed by atoms with Crippen LogP contribution in [-0.4, -0.2) is 22.1 Å². The summed E-state index contributed by atoms with van der Waals surface area (Å²) in [6.45, 7) is 4.02. The van der Waals surface area contributed by atoms with Crippen molar-refractivity contribution in [2.24, 2.45) is 23.7 Å². The number of carbonyl (C=O) groups excluding carboxylic acids is 1. The molecule has 0 unspecified atom stereocenters. The van der Waals surface area contributed by atoms with Gasteiger partial charge in [-0.05, 0) is 68.8 Å². The van der Waals surface area contributed by atoms with Crippen molar-refractivity contribution in [3.63, 3.8) is 0 Å². The van der Waals surface area contributed by atoms with E-state index in [0.29, 0.717) is 35.2 Å². The lowest BCUT2D eigenvalue weighted by molar-refractivity contribution is -0.145. The van der Waals surface area contributed by atoms with Gasteiger partial charge in [0, 0.05) is 16.7 Å². The number of aliphatic hydroxyl groups excluding tert-OH is 1. The Bertz CT molecular complexity index is 842. The number of benzene rings is 1. The molecule has 5 heteroatoms. The molecule has 2 aromatic rings. The number of aliphatic hydroxyl groups is 1. The topological polar surface area (TPSA) is 62.2 Å². The van der Waals surface area contributed by atoms with Crippen LogP contribution in [0.1, 0.15) is 48.2 Å². The fourth-order valence-electron chi connectivity index (χ4n) is 6.53. The second kappa shape index (κ2) is 6.67. The Balaban J connectivity index is 1.47. The Morgan fingerprint density at radius 3 is 2.29 bits per heavy atom. The second-order valence-corrected chi connectivity index (χ2v) is 10.3. The van der Waals surface area contributed by atoms with Crippen molar-refractivity contribution in [1.82, 2.24) is 4.98 Å². The SMILES string of the molecule is Cc1nc(NC(=O)CC2(c3ccccc3)C3CC4CC2CC(C3)C4O)sc1C. The lowest BCUT2D eigenvalue weighted by Gasteiger charge is -2.63. The minimum atomic E-state index is -0.128. The molecule has 28 heavy (non-hydrogen) atoms. The van der Waals surface area contributed by atoms with Crippen molar-refractivity contribution >= 4 is 22.4 Å². The molecule has 0 atom stereocenters. The van der Waals surface area contributed by atoms with Crippen LogP contribution in [0.25, 0.3) is 0 Å². The first-order chi connectivity index (χ1) is 13.5. The first-order valence-electron chi connectivity index (χ1n) is 10.4. The lowest BCUT2D eigenvalue weighted by Crippen LogP contribution is -2.60. The fraction of sp³-hybridized carbons (Fsp3) is 0.565. The summed E-state index contributed by atoms with van der Waals surface area (Å²) < 4.78 is 0. The summed E-state index contributed by atoms with van der Waals surface area (Å²) in [5.74, 6) is 1.88. The van der Waals surface area contributed by atoms with Gasteiger partial charge in [0.2, 0.25) is 5.91 Å². The monoisotopic (exact) mass is 396 g/mol. The van der Waals surface area contributed by atoms with E-state index in [-0.39, 0.29) is 17.4 Å². The Morgan fingerprint density at radius 1 is 1.14 bits per heavy atom. The Morgan fingerprint density at radius 2 is 1.75 bits per heavy atom. The number of amides is 1. The predicted octanol–water partition coefficient (Wildman–Crippen LogP) is 4.45. The molecular weight excluding hydrogens is 368 g/mol. The summed E-state index contributed by atoms with van der Waals surface area (Å²) in [5.41, 5.74) is 2.18. The van der Waals surface area contributed by atoms with Gasteiger partial charge in [-0.2, -0.15) is 0 Å². The van der Waals surface area contributed by atoms with Crippen LogP contribution in [-0.2, 0) is 10.2 Å². The van der Waals surface area contributed by atoms with E-state index in [9.17, 15) is 9.90 Å². The molecule has 148 valence electrons. The molecule has 4 aliphatic rings. The van der Waals surface area contributed by atoms with Gasteiger partial charge in [-0.25, -0.2) is 4.98 Å². The number of rotatable bonds is 4. The fourth-order valence-corrected chi connectivity index (χ4v) is 7.36. The third-order valence-electron chi connectivity index (χ3n) is 7.81. The largest absolute Gasteiger partial charge is 0.393 e. The van der Waals surface area contributed by atoms with Gasteiger partial charge in [-0.15, -0.1) is 11.3 Å². The Hall–Kier alpha value is -1.72. The summed E-state index contributed by atoms with van der Waals surface area (Å²) in [6, 6.07) is 10.7.